The zero-order chi connectivity index (χ0) is 19.9. The Morgan fingerprint density at radius 3 is 2.54 bits per heavy atom. The molecule has 0 heterocycles. The SMILES string of the molecule is Cc1ccc(COc2ccc(/C=N\NC(=O)c3cc(Br)ccc3O)cc2)cc1. The summed E-state index contributed by atoms with van der Waals surface area (Å²) in [7, 11) is 0. The average Bonchev–Trinajstić information content (AvgIpc) is 2.70. The van der Waals surface area contributed by atoms with Gasteiger partial charge in [-0.2, -0.15) is 5.10 Å². The van der Waals surface area contributed by atoms with Gasteiger partial charge in [0.1, 0.15) is 18.1 Å². The minimum atomic E-state index is -0.492. The molecule has 5 nitrogen and oxygen atoms in total. The molecule has 2 N–H and O–H groups in total. The summed E-state index contributed by atoms with van der Waals surface area (Å²) in [5, 5.41) is 13.7. The van der Waals surface area contributed by atoms with E-state index in [-0.39, 0.29) is 11.3 Å². The molecule has 0 aliphatic rings. The third-order valence-corrected chi connectivity index (χ3v) is 4.48. The number of carbonyl (C=O) groups is 1. The van der Waals surface area contributed by atoms with E-state index in [2.05, 4.69) is 45.5 Å². The lowest BCUT2D eigenvalue weighted by molar-refractivity contribution is 0.0952. The highest BCUT2D eigenvalue weighted by atomic mass is 79.9. The molecule has 0 saturated carbocycles. The number of benzene rings is 3. The number of ether oxygens (including phenoxy) is 1. The molecule has 3 aromatic carbocycles. The van der Waals surface area contributed by atoms with Crippen LogP contribution in [0.3, 0.4) is 0 Å². The van der Waals surface area contributed by atoms with Crippen molar-refractivity contribution in [3.05, 3.63) is 93.5 Å². The predicted molar refractivity (Wildman–Crippen MR) is 113 cm³/mol. The molecular formula is C22H19BrN2O3. The van der Waals surface area contributed by atoms with Crippen molar-refractivity contribution in [1.82, 2.24) is 5.43 Å². The van der Waals surface area contributed by atoms with Crippen molar-refractivity contribution < 1.29 is 14.6 Å². The fourth-order valence-corrected chi connectivity index (χ4v) is 2.78. The first-order chi connectivity index (χ1) is 13.5. The number of hydrogen-bond donors (Lipinski definition) is 2. The Balaban J connectivity index is 1.54. The van der Waals surface area contributed by atoms with Gasteiger partial charge >= 0.3 is 0 Å². The third kappa shape index (κ3) is 5.44. The molecule has 0 bridgehead atoms. The number of aryl methyl sites for hydroxylation is 1. The number of hydrazone groups is 1. The lowest BCUT2D eigenvalue weighted by atomic mass is 10.2. The molecule has 6 heteroatoms. The first-order valence-corrected chi connectivity index (χ1v) is 9.41. The monoisotopic (exact) mass is 438 g/mol. The first kappa shape index (κ1) is 19.6. The number of aromatic hydroxyl groups is 1. The molecule has 0 atom stereocenters. The van der Waals surface area contributed by atoms with Crippen molar-refractivity contribution in [3.63, 3.8) is 0 Å². The molecule has 0 unspecified atom stereocenters. The Morgan fingerprint density at radius 1 is 1.11 bits per heavy atom. The van der Waals surface area contributed by atoms with Gasteiger partial charge in [-0.05, 0) is 60.5 Å². The van der Waals surface area contributed by atoms with Crippen LogP contribution in [0, 0.1) is 6.92 Å². The van der Waals surface area contributed by atoms with Gasteiger partial charge in [0.25, 0.3) is 5.91 Å². The van der Waals surface area contributed by atoms with E-state index in [4.69, 9.17) is 4.74 Å². The van der Waals surface area contributed by atoms with Crippen LogP contribution in [0.2, 0.25) is 0 Å². The van der Waals surface area contributed by atoms with Crippen molar-refractivity contribution in [3.8, 4) is 11.5 Å². The molecule has 3 aromatic rings. The molecular weight excluding hydrogens is 420 g/mol. The fraction of sp³-hybridized carbons (Fsp3) is 0.0909. The van der Waals surface area contributed by atoms with E-state index in [1.54, 1.807) is 6.07 Å². The number of hydrogen-bond acceptors (Lipinski definition) is 4. The van der Waals surface area contributed by atoms with Gasteiger partial charge in [0, 0.05) is 4.47 Å². The van der Waals surface area contributed by atoms with E-state index < -0.39 is 5.91 Å². The Kier molecular flexibility index (Phi) is 6.45. The quantitative estimate of drug-likeness (QED) is 0.428. The van der Waals surface area contributed by atoms with Crippen LogP contribution in [-0.2, 0) is 6.61 Å². The maximum absolute atomic E-state index is 12.1. The smallest absolute Gasteiger partial charge is 0.275 e. The fourth-order valence-electron chi connectivity index (χ4n) is 2.42. The second-order valence-corrected chi connectivity index (χ2v) is 7.12. The normalized spacial score (nSPS) is 10.8. The molecule has 0 aliphatic carbocycles. The van der Waals surface area contributed by atoms with E-state index in [9.17, 15) is 9.90 Å². The van der Waals surface area contributed by atoms with Crippen LogP contribution in [0.25, 0.3) is 0 Å². The Morgan fingerprint density at radius 2 is 1.82 bits per heavy atom. The number of phenolic OH excluding ortho intramolecular Hbond substituents is 1. The van der Waals surface area contributed by atoms with Crippen LogP contribution >= 0.6 is 15.9 Å². The highest BCUT2D eigenvalue weighted by molar-refractivity contribution is 9.10. The van der Waals surface area contributed by atoms with Gasteiger partial charge in [0.15, 0.2) is 0 Å². The molecule has 0 spiro atoms. The lowest BCUT2D eigenvalue weighted by Gasteiger charge is -2.07. The number of amides is 1. The van der Waals surface area contributed by atoms with Crippen molar-refractivity contribution in [2.24, 2.45) is 5.10 Å². The number of halogens is 1. The van der Waals surface area contributed by atoms with Crippen molar-refractivity contribution in [2.75, 3.05) is 0 Å². The zero-order valence-electron chi connectivity index (χ0n) is 15.2. The van der Waals surface area contributed by atoms with Gasteiger partial charge in [-0.3, -0.25) is 4.79 Å². The van der Waals surface area contributed by atoms with Crippen LogP contribution < -0.4 is 10.2 Å². The Bertz CT molecular complexity index is 984. The van der Waals surface area contributed by atoms with Gasteiger partial charge in [0.2, 0.25) is 0 Å². The summed E-state index contributed by atoms with van der Waals surface area (Å²) < 4.78 is 6.46. The van der Waals surface area contributed by atoms with Crippen molar-refractivity contribution in [2.45, 2.75) is 13.5 Å². The molecule has 0 fully saturated rings. The number of carbonyl (C=O) groups excluding carboxylic acids is 1. The van der Waals surface area contributed by atoms with Gasteiger partial charge in [0.05, 0.1) is 11.8 Å². The summed E-state index contributed by atoms with van der Waals surface area (Å²) in [6.45, 7) is 2.55. The van der Waals surface area contributed by atoms with Crippen molar-refractivity contribution >= 4 is 28.1 Å². The van der Waals surface area contributed by atoms with Gasteiger partial charge in [-0.25, -0.2) is 5.43 Å². The molecule has 3 rings (SSSR count). The molecule has 0 aliphatic heterocycles. The Labute approximate surface area is 171 Å². The first-order valence-electron chi connectivity index (χ1n) is 8.61. The van der Waals surface area contributed by atoms with Crippen LogP contribution in [0.1, 0.15) is 27.0 Å². The van der Waals surface area contributed by atoms with Crippen LogP contribution in [0.4, 0.5) is 0 Å². The van der Waals surface area contributed by atoms with Crippen LogP contribution in [0.15, 0.2) is 76.3 Å². The number of rotatable bonds is 6. The van der Waals surface area contributed by atoms with Gasteiger partial charge in [-0.1, -0.05) is 45.8 Å². The molecule has 0 radical (unpaired) electrons. The van der Waals surface area contributed by atoms with Gasteiger partial charge < -0.3 is 9.84 Å². The molecule has 28 heavy (non-hydrogen) atoms. The minimum absolute atomic E-state index is 0.106. The van der Waals surface area contributed by atoms with E-state index in [0.29, 0.717) is 11.1 Å². The second kappa shape index (κ2) is 9.19. The highest BCUT2D eigenvalue weighted by Crippen LogP contribution is 2.21. The summed E-state index contributed by atoms with van der Waals surface area (Å²) in [5.41, 5.74) is 5.67. The second-order valence-electron chi connectivity index (χ2n) is 6.20. The van der Waals surface area contributed by atoms with Crippen molar-refractivity contribution in [1.29, 1.82) is 0 Å². The van der Waals surface area contributed by atoms with Crippen LogP contribution in [0.5, 0.6) is 11.5 Å². The van der Waals surface area contributed by atoms with E-state index in [0.717, 1.165) is 16.9 Å². The number of phenols is 1. The maximum atomic E-state index is 12.1. The standard InChI is InChI=1S/C22H19BrN2O3/c1-15-2-4-17(5-3-15)14-28-19-9-6-16(7-10-19)13-24-25-22(27)20-12-18(23)8-11-21(20)26/h2-13,26H,14H2,1H3,(H,25,27)/b24-13-. The highest BCUT2D eigenvalue weighted by Gasteiger charge is 2.10. The summed E-state index contributed by atoms with van der Waals surface area (Å²) in [6.07, 6.45) is 1.52. The third-order valence-electron chi connectivity index (χ3n) is 3.99. The average molecular weight is 439 g/mol. The molecule has 0 saturated heterocycles. The summed E-state index contributed by atoms with van der Waals surface area (Å²) in [4.78, 5) is 12.1. The summed E-state index contributed by atoms with van der Waals surface area (Å²) >= 11 is 3.27. The minimum Gasteiger partial charge on any atom is -0.507 e. The molecule has 142 valence electrons. The summed E-state index contributed by atoms with van der Waals surface area (Å²) in [6, 6.07) is 20.2. The van der Waals surface area contributed by atoms with E-state index >= 15 is 0 Å². The van der Waals surface area contributed by atoms with E-state index in [1.807, 2.05) is 36.4 Å². The predicted octanol–water partition coefficient (Wildman–Crippen LogP) is 4.81. The largest absolute Gasteiger partial charge is 0.507 e. The summed E-state index contributed by atoms with van der Waals surface area (Å²) in [5.74, 6) is 0.153. The molecule has 0 aromatic heterocycles. The number of nitrogens with zero attached hydrogens (tertiary/aromatic N) is 1. The van der Waals surface area contributed by atoms with Gasteiger partial charge in [-0.15, -0.1) is 0 Å². The Hall–Kier alpha value is -3.12. The lowest BCUT2D eigenvalue weighted by Crippen LogP contribution is -2.17. The zero-order valence-corrected chi connectivity index (χ0v) is 16.8. The number of nitrogens with one attached hydrogen (secondary N) is 1. The maximum Gasteiger partial charge on any atom is 0.275 e. The molecule has 1 amide bonds. The topological polar surface area (TPSA) is 70.9 Å². The van der Waals surface area contributed by atoms with E-state index in [1.165, 1.54) is 23.9 Å². The van der Waals surface area contributed by atoms with Crippen LogP contribution in [-0.4, -0.2) is 17.2 Å².